The molecule has 0 bridgehead atoms. The van der Waals surface area contributed by atoms with Crippen LogP contribution in [-0.4, -0.2) is 101 Å². The molecular weight excluding hydrogens is 1140 g/mol. The number of esters is 4. The van der Waals surface area contributed by atoms with Crippen molar-refractivity contribution in [3.05, 3.63) is 203 Å². The lowest BCUT2D eigenvalue weighted by molar-refractivity contribution is -0.139. The smallest absolute Gasteiger partial charge is 0.412 e. The van der Waals surface area contributed by atoms with Crippen molar-refractivity contribution in [3.63, 3.8) is 0 Å². The molecule has 464 valence electrons. The molecule has 0 aromatic heterocycles. The minimum atomic E-state index is -0.958. The first-order valence-corrected chi connectivity index (χ1v) is 28.2. The first-order chi connectivity index (χ1) is 42.4. The SMILES string of the molecule is C=C(C)C(=O)OCCNC(=O)Oc1ccc(-c2cc(C)c(OC(=O)NCCOC(=O)C(=C)C)c(C(c3ccc(-c4ccccc4)cc3)c3cc(-c4ccc(OC(=O)NCCOC(=O)C(=C)C)c(C)c4)cc(C)c3OC(=O)NCCOC(=O)C(=C)C)c2)cc1C. The van der Waals surface area contributed by atoms with Crippen molar-refractivity contribution in [1.29, 1.82) is 0 Å². The highest BCUT2D eigenvalue weighted by molar-refractivity contribution is 5.89. The standard InChI is InChI=1S/C69H72N4O16/c1-40(2)62(74)82-30-26-70-66(78)86-57-24-22-51(34-44(57)9)53-36-46(11)60(88-68(80)72-28-32-84-64(76)42(5)6)55(38-53)59(50-20-18-49(19-21-50)48-16-14-13-15-17-48)56-39-54(37-47(12)61(56)89-69(81)73-29-33-85-65(77)43(7)8)52-23-25-58(45(10)35-52)87-67(79)71-27-31-83-63(75)41(3)4/h13-25,34-39,59H,1,3,5,7,26-33H2,2,4,6,8-12H3,(H,70,78)(H,71,79)(H,72,80)(H,73,81). The molecule has 4 N–H and O–H groups in total. The molecule has 20 heteroatoms. The third kappa shape index (κ3) is 19.6. The molecule has 6 aromatic rings. The van der Waals surface area contributed by atoms with Crippen LogP contribution in [0.2, 0.25) is 0 Å². The summed E-state index contributed by atoms with van der Waals surface area (Å²) in [5, 5.41) is 10.5. The number of hydrogen-bond donors (Lipinski definition) is 4. The normalized spacial score (nSPS) is 10.6. The molecule has 0 aliphatic rings. The van der Waals surface area contributed by atoms with Gasteiger partial charge in [-0.05, 0) is 165 Å². The Kier molecular flexibility index (Phi) is 24.3. The third-order valence-electron chi connectivity index (χ3n) is 13.2. The monoisotopic (exact) mass is 1210 g/mol. The van der Waals surface area contributed by atoms with Gasteiger partial charge >= 0.3 is 48.3 Å². The van der Waals surface area contributed by atoms with Gasteiger partial charge in [0, 0.05) is 39.3 Å². The van der Waals surface area contributed by atoms with Gasteiger partial charge in [0.25, 0.3) is 0 Å². The van der Waals surface area contributed by atoms with E-state index in [1.807, 2.05) is 91.0 Å². The Morgan fingerprint density at radius 3 is 0.989 bits per heavy atom. The zero-order valence-corrected chi connectivity index (χ0v) is 51.1. The molecular formula is C69H72N4O16. The van der Waals surface area contributed by atoms with Crippen LogP contribution < -0.4 is 40.2 Å². The fraction of sp³-hybridized carbons (Fsp3) is 0.246. The number of amides is 4. The number of nitrogens with one attached hydrogen (secondary N) is 4. The number of aryl methyl sites for hydroxylation is 4. The minimum Gasteiger partial charge on any atom is -0.460 e. The summed E-state index contributed by atoms with van der Waals surface area (Å²) in [6.07, 6.45) is -3.34. The molecule has 0 aliphatic heterocycles. The highest BCUT2D eigenvalue weighted by atomic mass is 16.6. The molecule has 0 aliphatic carbocycles. The second kappa shape index (κ2) is 32.1. The topological polar surface area (TPSA) is 259 Å². The van der Waals surface area contributed by atoms with E-state index in [1.54, 1.807) is 52.0 Å². The van der Waals surface area contributed by atoms with Crippen LogP contribution in [0.1, 0.15) is 72.6 Å². The summed E-state index contributed by atoms with van der Waals surface area (Å²) in [6.45, 7) is 26.5. The van der Waals surface area contributed by atoms with Gasteiger partial charge in [0.15, 0.2) is 0 Å². The number of benzene rings is 6. The second-order valence-electron chi connectivity index (χ2n) is 20.7. The van der Waals surface area contributed by atoms with E-state index >= 15 is 0 Å². The molecule has 6 aromatic carbocycles. The maximum absolute atomic E-state index is 14.1. The van der Waals surface area contributed by atoms with Gasteiger partial charge in [-0.2, -0.15) is 0 Å². The molecule has 0 heterocycles. The maximum atomic E-state index is 14.1. The molecule has 0 atom stereocenters. The summed E-state index contributed by atoms with van der Waals surface area (Å²) in [6, 6.07) is 35.2. The number of carbonyl (C=O) groups excluding carboxylic acids is 8. The van der Waals surface area contributed by atoms with Gasteiger partial charge in [-0.25, -0.2) is 38.4 Å². The Bertz CT molecular complexity index is 3500. The molecule has 0 radical (unpaired) electrons. The highest BCUT2D eigenvalue weighted by Crippen LogP contribution is 2.47. The van der Waals surface area contributed by atoms with Gasteiger partial charge in [0.05, 0.1) is 26.2 Å². The zero-order chi connectivity index (χ0) is 64.9. The summed E-state index contributed by atoms with van der Waals surface area (Å²) >= 11 is 0. The fourth-order valence-electron chi connectivity index (χ4n) is 8.77. The fourth-order valence-corrected chi connectivity index (χ4v) is 8.77. The van der Waals surface area contributed by atoms with Crippen molar-refractivity contribution < 1.29 is 76.3 Å². The van der Waals surface area contributed by atoms with Crippen molar-refractivity contribution >= 4 is 48.3 Å². The van der Waals surface area contributed by atoms with Crippen LogP contribution >= 0.6 is 0 Å². The van der Waals surface area contributed by atoms with E-state index in [4.69, 9.17) is 37.9 Å². The predicted octanol–water partition coefficient (Wildman–Crippen LogP) is 11.9. The van der Waals surface area contributed by atoms with Crippen LogP contribution in [0.5, 0.6) is 23.0 Å². The molecule has 89 heavy (non-hydrogen) atoms. The summed E-state index contributed by atoms with van der Waals surface area (Å²) in [4.78, 5) is 102. The molecule has 0 saturated carbocycles. The van der Waals surface area contributed by atoms with Crippen LogP contribution in [0.4, 0.5) is 19.2 Å². The van der Waals surface area contributed by atoms with Gasteiger partial charge in [-0.1, -0.05) is 93.0 Å². The highest BCUT2D eigenvalue weighted by Gasteiger charge is 2.30. The lowest BCUT2D eigenvalue weighted by Crippen LogP contribution is -2.31. The van der Waals surface area contributed by atoms with Crippen molar-refractivity contribution in [3.8, 4) is 56.4 Å². The van der Waals surface area contributed by atoms with E-state index in [0.29, 0.717) is 61.2 Å². The average molecular weight is 1210 g/mol. The van der Waals surface area contributed by atoms with Crippen molar-refractivity contribution in [1.82, 2.24) is 21.3 Å². The minimum absolute atomic E-state index is 0.0179. The maximum Gasteiger partial charge on any atom is 0.412 e. The van der Waals surface area contributed by atoms with E-state index < -0.39 is 54.2 Å². The zero-order valence-electron chi connectivity index (χ0n) is 51.1. The van der Waals surface area contributed by atoms with Gasteiger partial charge < -0.3 is 59.2 Å². The largest absolute Gasteiger partial charge is 0.460 e. The molecule has 0 spiro atoms. The Hall–Kier alpha value is -10.8. The van der Waals surface area contributed by atoms with E-state index in [9.17, 15) is 38.4 Å². The molecule has 0 fully saturated rings. The van der Waals surface area contributed by atoms with Crippen LogP contribution in [-0.2, 0) is 38.1 Å². The molecule has 20 nitrogen and oxygen atoms in total. The Balaban J connectivity index is 1.53. The first-order valence-electron chi connectivity index (χ1n) is 28.2. The lowest BCUT2D eigenvalue weighted by atomic mass is 9.80. The van der Waals surface area contributed by atoms with E-state index in [0.717, 1.165) is 11.1 Å². The number of hydrogen-bond acceptors (Lipinski definition) is 16. The van der Waals surface area contributed by atoms with E-state index in [-0.39, 0.29) is 97.9 Å². The first kappa shape index (κ1) is 67.4. The van der Waals surface area contributed by atoms with Gasteiger partial charge in [-0.3, -0.25) is 0 Å². The van der Waals surface area contributed by atoms with Crippen molar-refractivity contribution in [2.24, 2.45) is 0 Å². The van der Waals surface area contributed by atoms with Crippen LogP contribution in [0.25, 0.3) is 33.4 Å². The second-order valence-corrected chi connectivity index (χ2v) is 20.7. The van der Waals surface area contributed by atoms with E-state index in [2.05, 4.69) is 47.6 Å². The van der Waals surface area contributed by atoms with Gasteiger partial charge in [0.2, 0.25) is 0 Å². The lowest BCUT2D eigenvalue weighted by Gasteiger charge is -2.27. The van der Waals surface area contributed by atoms with Crippen LogP contribution in [0.3, 0.4) is 0 Å². The Morgan fingerprint density at radius 1 is 0.360 bits per heavy atom. The summed E-state index contributed by atoms with van der Waals surface area (Å²) in [5.41, 5.74) is 8.75. The quantitative estimate of drug-likeness (QED) is 0.0129. The third-order valence-corrected chi connectivity index (χ3v) is 13.2. The van der Waals surface area contributed by atoms with Crippen molar-refractivity contribution in [2.75, 3.05) is 52.6 Å². The Morgan fingerprint density at radius 2 is 0.663 bits per heavy atom. The van der Waals surface area contributed by atoms with Crippen molar-refractivity contribution in [2.45, 2.75) is 61.3 Å². The summed E-state index contributed by atoms with van der Waals surface area (Å²) in [7, 11) is 0. The molecule has 6 rings (SSSR count). The molecule has 0 unspecified atom stereocenters. The summed E-state index contributed by atoms with van der Waals surface area (Å²) in [5.74, 6) is -2.71. The Labute approximate surface area is 516 Å². The van der Waals surface area contributed by atoms with Crippen LogP contribution in [0, 0.1) is 27.7 Å². The average Bonchev–Trinajstić information content (AvgIpc) is 0.922. The number of rotatable bonds is 26. The summed E-state index contributed by atoms with van der Waals surface area (Å²) < 4.78 is 44.6. The number of carbonyl (C=O) groups is 8. The van der Waals surface area contributed by atoms with E-state index in [1.165, 1.54) is 27.7 Å². The van der Waals surface area contributed by atoms with Gasteiger partial charge in [0.1, 0.15) is 49.4 Å². The van der Waals surface area contributed by atoms with Crippen LogP contribution in [0.15, 0.2) is 164 Å². The predicted molar refractivity (Wildman–Crippen MR) is 335 cm³/mol. The molecule has 4 amide bonds. The number of ether oxygens (including phenoxy) is 8. The van der Waals surface area contributed by atoms with Gasteiger partial charge in [-0.15, -0.1) is 0 Å². The molecule has 0 saturated heterocycles.